The van der Waals surface area contributed by atoms with Crippen LogP contribution >= 0.6 is 0 Å². The first kappa shape index (κ1) is 14.7. The van der Waals surface area contributed by atoms with E-state index in [1.165, 1.54) is 0 Å². The highest BCUT2D eigenvalue weighted by Crippen LogP contribution is 2.29. The molecule has 3 N–H and O–H groups in total. The van der Waals surface area contributed by atoms with Crippen molar-refractivity contribution in [1.82, 2.24) is 15.3 Å². The quantitative estimate of drug-likeness (QED) is 0.757. The van der Waals surface area contributed by atoms with Crippen molar-refractivity contribution in [2.24, 2.45) is 0 Å². The van der Waals surface area contributed by atoms with Crippen molar-refractivity contribution in [2.75, 3.05) is 26.1 Å². The van der Waals surface area contributed by atoms with Crippen LogP contribution in [0.15, 0.2) is 30.7 Å². The SMILES string of the molecule is COc1ccc(NC(=O)NCCc2cnc[nH]2)cc1OC. The number of imidazole rings is 1. The number of H-pyrrole nitrogens is 1. The summed E-state index contributed by atoms with van der Waals surface area (Å²) >= 11 is 0. The minimum atomic E-state index is -0.276. The molecule has 21 heavy (non-hydrogen) atoms. The van der Waals surface area contributed by atoms with Crippen LogP contribution in [0, 0.1) is 0 Å². The average molecular weight is 290 g/mol. The molecule has 0 aliphatic heterocycles. The predicted octanol–water partition coefficient (Wildman–Crippen LogP) is 1.79. The van der Waals surface area contributed by atoms with Crippen LogP contribution in [0.5, 0.6) is 11.5 Å². The maximum absolute atomic E-state index is 11.8. The minimum Gasteiger partial charge on any atom is -0.493 e. The summed E-state index contributed by atoms with van der Waals surface area (Å²) < 4.78 is 10.3. The van der Waals surface area contributed by atoms with E-state index in [0.29, 0.717) is 30.2 Å². The standard InChI is InChI=1S/C14H18N4O3/c1-20-12-4-3-10(7-13(12)21-2)18-14(19)16-6-5-11-8-15-9-17-11/h3-4,7-9H,5-6H2,1-2H3,(H,15,17)(H2,16,18,19). The van der Waals surface area contributed by atoms with Gasteiger partial charge in [0.2, 0.25) is 0 Å². The van der Waals surface area contributed by atoms with Gasteiger partial charge >= 0.3 is 6.03 Å². The Morgan fingerprint density at radius 3 is 2.76 bits per heavy atom. The Hall–Kier alpha value is -2.70. The molecule has 1 aromatic carbocycles. The molecular weight excluding hydrogens is 272 g/mol. The third kappa shape index (κ3) is 4.13. The summed E-state index contributed by atoms with van der Waals surface area (Å²) in [7, 11) is 3.11. The van der Waals surface area contributed by atoms with E-state index in [-0.39, 0.29) is 6.03 Å². The summed E-state index contributed by atoms with van der Waals surface area (Å²) in [6.07, 6.45) is 4.03. The number of methoxy groups -OCH3 is 2. The number of ether oxygens (including phenoxy) is 2. The Bertz CT molecular complexity index is 584. The maximum atomic E-state index is 11.8. The van der Waals surface area contributed by atoms with Crippen LogP contribution in [-0.2, 0) is 6.42 Å². The molecule has 0 radical (unpaired) electrons. The molecule has 0 saturated heterocycles. The number of hydrogen-bond donors (Lipinski definition) is 3. The van der Waals surface area contributed by atoms with Gasteiger partial charge in [0.15, 0.2) is 11.5 Å². The van der Waals surface area contributed by atoms with Gasteiger partial charge in [-0.3, -0.25) is 0 Å². The summed E-state index contributed by atoms with van der Waals surface area (Å²) in [5.74, 6) is 1.18. The van der Waals surface area contributed by atoms with E-state index in [1.54, 1.807) is 44.9 Å². The molecule has 112 valence electrons. The summed E-state index contributed by atoms with van der Waals surface area (Å²) in [5.41, 5.74) is 1.60. The molecule has 0 spiro atoms. The topological polar surface area (TPSA) is 88.3 Å². The lowest BCUT2D eigenvalue weighted by Crippen LogP contribution is -2.30. The molecule has 1 heterocycles. The lowest BCUT2D eigenvalue weighted by Gasteiger charge is -2.11. The summed E-state index contributed by atoms with van der Waals surface area (Å²) in [6, 6.07) is 4.91. The number of rotatable bonds is 6. The molecule has 0 aliphatic rings. The molecule has 0 saturated carbocycles. The highest BCUT2D eigenvalue weighted by atomic mass is 16.5. The van der Waals surface area contributed by atoms with E-state index in [2.05, 4.69) is 20.6 Å². The first-order chi connectivity index (χ1) is 10.2. The second-order valence-electron chi connectivity index (χ2n) is 4.28. The van der Waals surface area contributed by atoms with Gasteiger partial charge in [0, 0.05) is 36.6 Å². The highest BCUT2D eigenvalue weighted by molar-refractivity contribution is 5.89. The summed E-state index contributed by atoms with van der Waals surface area (Å²) in [5, 5.41) is 5.50. The molecule has 2 aromatic rings. The van der Waals surface area contributed by atoms with Crippen molar-refractivity contribution in [2.45, 2.75) is 6.42 Å². The van der Waals surface area contributed by atoms with Gasteiger partial charge in [-0.05, 0) is 12.1 Å². The molecule has 0 aliphatic carbocycles. The minimum absolute atomic E-state index is 0.276. The number of nitrogens with zero attached hydrogens (tertiary/aromatic N) is 1. The number of urea groups is 1. The fourth-order valence-electron chi connectivity index (χ4n) is 1.82. The number of carbonyl (C=O) groups excluding carboxylic acids is 1. The van der Waals surface area contributed by atoms with Crippen molar-refractivity contribution in [3.05, 3.63) is 36.4 Å². The fraction of sp³-hybridized carbons (Fsp3) is 0.286. The van der Waals surface area contributed by atoms with Gasteiger partial charge in [-0.15, -0.1) is 0 Å². The van der Waals surface area contributed by atoms with Crippen molar-refractivity contribution < 1.29 is 14.3 Å². The number of carbonyl (C=O) groups is 1. The molecule has 2 amide bonds. The number of aromatic amines is 1. The van der Waals surface area contributed by atoms with Gasteiger partial charge in [0.05, 0.1) is 20.5 Å². The Morgan fingerprint density at radius 1 is 1.29 bits per heavy atom. The number of aromatic nitrogens is 2. The van der Waals surface area contributed by atoms with E-state index < -0.39 is 0 Å². The van der Waals surface area contributed by atoms with E-state index in [4.69, 9.17) is 9.47 Å². The van der Waals surface area contributed by atoms with E-state index in [0.717, 1.165) is 5.69 Å². The smallest absolute Gasteiger partial charge is 0.319 e. The predicted molar refractivity (Wildman–Crippen MR) is 78.9 cm³/mol. The third-order valence-electron chi connectivity index (χ3n) is 2.88. The van der Waals surface area contributed by atoms with Crippen LogP contribution < -0.4 is 20.1 Å². The molecule has 0 unspecified atom stereocenters. The molecule has 1 aromatic heterocycles. The number of anilines is 1. The van der Waals surface area contributed by atoms with E-state index in [9.17, 15) is 4.79 Å². The van der Waals surface area contributed by atoms with Crippen LogP contribution in [0.2, 0.25) is 0 Å². The molecule has 2 rings (SSSR count). The first-order valence-electron chi connectivity index (χ1n) is 6.47. The zero-order valence-corrected chi connectivity index (χ0v) is 12.0. The average Bonchev–Trinajstić information content (AvgIpc) is 3.00. The lowest BCUT2D eigenvalue weighted by atomic mass is 10.3. The molecule has 0 atom stereocenters. The summed E-state index contributed by atoms with van der Waals surface area (Å²) in [6.45, 7) is 0.515. The molecule has 0 fully saturated rings. The summed E-state index contributed by atoms with van der Waals surface area (Å²) in [4.78, 5) is 18.7. The van der Waals surface area contributed by atoms with Crippen molar-refractivity contribution in [3.8, 4) is 11.5 Å². The number of benzene rings is 1. The van der Waals surface area contributed by atoms with Gasteiger partial charge < -0.3 is 25.1 Å². The Morgan fingerprint density at radius 2 is 2.10 bits per heavy atom. The molecular formula is C14H18N4O3. The van der Waals surface area contributed by atoms with Gasteiger partial charge in [0.1, 0.15) is 0 Å². The first-order valence-corrected chi connectivity index (χ1v) is 6.47. The highest BCUT2D eigenvalue weighted by Gasteiger charge is 2.07. The van der Waals surface area contributed by atoms with E-state index >= 15 is 0 Å². The van der Waals surface area contributed by atoms with Crippen molar-refractivity contribution in [1.29, 1.82) is 0 Å². The zero-order chi connectivity index (χ0) is 15.1. The van der Waals surface area contributed by atoms with Gasteiger partial charge in [-0.1, -0.05) is 0 Å². The molecule has 7 heteroatoms. The monoisotopic (exact) mass is 290 g/mol. The van der Waals surface area contributed by atoms with Crippen LogP contribution in [-0.4, -0.2) is 36.8 Å². The number of hydrogen-bond acceptors (Lipinski definition) is 4. The molecule has 0 bridgehead atoms. The van der Waals surface area contributed by atoms with Crippen molar-refractivity contribution >= 4 is 11.7 Å². The van der Waals surface area contributed by atoms with Crippen molar-refractivity contribution in [3.63, 3.8) is 0 Å². The van der Waals surface area contributed by atoms with Gasteiger partial charge in [0.25, 0.3) is 0 Å². The Kier molecular flexibility index (Phi) is 5.03. The van der Waals surface area contributed by atoms with Gasteiger partial charge in [-0.2, -0.15) is 0 Å². The largest absolute Gasteiger partial charge is 0.493 e. The van der Waals surface area contributed by atoms with Crippen LogP contribution in [0.4, 0.5) is 10.5 Å². The van der Waals surface area contributed by atoms with Crippen LogP contribution in [0.1, 0.15) is 5.69 Å². The fourth-order valence-corrected chi connectivity index (χ4v) is 1.82. The second kappa shape index (κ2) is 7.18. The number of amides is 2. The molecule has 7 nitrogen and oxygen atoms in total. The van der Waals surface area contributed by atoms with E-state index in [1.807, 2.05) is 0 Å². The lowest BCUT2D eigenvalue weighted by molar-refractivity contribution is 0.252. The maximum Gasteiger partial charge on any atom is 0.319 e. The van der Waals surface area contributed by atoms with Crippen LogP contribution in [0.3, 0.4) is 0 Å². The van der Waals surface area contributed by atoms with Gasteiger partial charge in [-0.25, -0.2) is 9.78 Å². The zero-order valence-electron chi connectivity index (χ0n) is 12.0. The third-order valence-corrected chi connectivity index (χ3v) is 2.88. The Balaban J connectivity index is 1.84. The Labute approximate surface area is 122 Å². The normalized spacial score (nSPS) is 10.0. The number of nitrogens with one attached hydrogen (secondary N) is 3. The van der Waals surface area contributed by atoms with Crippen LogP contribution in [0.25, 0.3) is 0 Å². The second-order valence-corrected chi connectivity index (χ2v) is 4.28.